The summed E-state index contributed by atoms with van der Waals surface area (Å²) < 4.78 is 0. The second kappa shape index (κ2) is 1.43. The molecule has 0 aromatic carbocycles. The van der Waals surface area contributed by atoms with Gasteiger partial charge in [0.2, 0.25) is 0 Å². The van der Waals surface area contributed by atoms with Gasteiger partial charge in [-0.15, -0.1) is 0 Å². The smallest absolute Gasteiger partial charge is 0.0369 e. The van der Waals surface area contributed by atoms with Crippen molar-refractivity contribution in [3.63, 3.8) is 0 Å². The number of hydrogen-bond acceptors (Lipinski definition) is 0. The normalized spacial score (nSPS) is 28.1. The van der Waals surface area contributed by atoms with E-state index in [1.807, 2.05) is 0 Å². The molecule has 0 heteroatoms. The highest BCUT2D eigenvalue weighted by Gasteiger charge is 2.23. The summed E-state index contributed by atoms with van der Waals surface area (Å²) >= 11 is 0. The third-order valence-electron chi connectivity index (χ3n) is 1.33. The van der Waals surface area contributed by atoms with Gasteiger partial charge in [-0.3, -0.25) is 6.92 Å². The minimum atomic E-state index is -0.0556. The topological polar surface area (TPSA) is 0 Å². The third-order valence-corrected chi connectivity index (χ3v) is 1.33. The lowest BCUT2D eigenvalue weighted by atomic mass is 9.92. The van der Waals surface area contributed by atoms with Crippen LogP contribution in [0.3, 0.4) is 0 Å². The highest BCUT2D eigenvalue weighted by molar-refractivity contribution is 5.01. The molecule has 0 aliphatic heterocycles. The van der Waals surface area contributed by atoms with Gasteiger partial charge in [0.15, 0.2) is 0 Å². The zero-order valence-corrected chi connectivity index (χ0v) is 4.54. The van der Waals surface area contributed by atoms with Gasteiger partial charge in [-0.05, 0) is 18.3 Å². The van der Waals surface area contributed by atoms with Crippen molar-refractivity contribution in [3.05, 3.63) is 20.3 Å². The van der Waals surface area contributed by atoms with E-state index in [2.05, 4.69) is 20.3 Å². The van der Waals surface area contributed by atoms with E-state index in [-0.39, 0.29) is 5.41 Å². The molecule has 0 saturated heterocycles. The SMILES string of the molecule is [CH2+]C1([CH2-])[C]CCC1. The fraction of sp³-hybridized carbons (Fsp3) is 0.571. The summed E-state index contributed by atoms with van der Waals surface area (Å²) in [4.78, 5) is 0. The third kappa shape index (κ3) is 1.12. The van der Waals surface area contributed by atoms with Crippen LogP contribution in [-0.4, -0.2) is 0 Å². The Kier molecular flexibility index (Phi) is 1.02. The van der Waals surface area contributed by atoms with Crippen molar-refractivity contribution < 1.29 is 0 Å². The van der Waals surface area contributed by atoms with Gasteiger partial charge in [0, 0.05) is 13.3 Å². The van der Waals surface area contributed by atoms with Crippen molar-refractivity contribution >= 4 is 0 Å². The Hall–Kier alpha value is -0.130. The molecule has 0 bridgehead atoms. The van der Waals surface area contributed by atoms with Crippen LogP contribution in [0.15, 0.2) is 0 Å². The first-order valence-electron chi connectivity index (χ1n) is 2.66. The van der Waals surface area contributed by atoms with E-state index in [0.717, 1.165) is 12.8 Å². The zero-order chi connectivity index (χ0) is 5.33. The molecule has 7 heavy (non-hydrogen) atoms. The van der Waals surface area contributed by atoms with Gasteiger partial charge in [0.05, 0.1) is 0 Å². The molecule has 1 fully saturated rings. The molecular weight excluding hydrogens is 84.1 g/mol. The number of rotatable bonds is 0. The maximum Gasteiger partial charge on any atom is 0.0369 e. The van der Waals surface area contributed by atoms with Crippen LogP contribution >= 0.6 is 0 Å². The lowest BCUT2D eigenvalue weighted by molar-refractivity contribution is 0.588. The molecule has 0 atom stereocenters. The molecule has 1 aliphatic rings. The first-order valence-corrected chi connectivity index (χ1v) is 2.66. The Bertz CT molecular complexity index is 54.4. The molecule has 0 aromatic rings. The van der Waals surface area contributed by atoms with Crippen molar-refractivity contribution in [1.82, 2.24) is 0 Å². The highest BCUT2D eigenvalue weighted by Crippen LogP contribution is 2.34. The van der Waals surface area contributed by atoms with Gasteiger partial charge in [-0.25, -0.2) is 0 Å². The molecule has 2 radical (unpaired) electrons. The van der Waals surface area contributed by atoms with Gasteiger partial charge >= 0.3 is 0 Å². The van der Waals surface area contributed by atoms with E-state index >= 15 is 0 Å². The molecule has 0 spiro atoms. The summed E-state index contributed by atoms with van der Waals surface area (Å²) in [6.07, 6.45) is 6.61. The Morgan fingerprint density at radius 1 is 1.71 bits per heavy atom. The molecule has 38 valence electrons. The highest BCUT2D eigenvalue weighted by atomic mass is 14.3. The summed E-state index contributed by atoms with van der Waals surface area (Å²) in [5.41, 5.74) is -0.0556. The Morgan fingerprint density at radius 2 is 2.43 bits per heavy atom. The maximum absolute atomic E-state index is 3.85. The molecule has 0 aromatic heterocycles. The van der Waals surface area contributed by atoms with Crippen molar-refractivity contribution in [2.75, 3.05) is 0 Å². The van der Waals surface area contributed by atoms with E-state index < -0.39 is 0 Å². The minimum Gasteiger partial charge on any atom is -0.293 e. The summed E-state index contributed by atoms with van der Waals surface area (Å²) in [6, 6.07) is 0. The van der Waals surface area contributed by atoms with E-state index in [1.165, 1.54) is 6.42 Å². The monoisotopic (exact) mass is 94.1 g/mol. The lowest BCUT2D eigenvalue weighted by Crippen LogP contribution is -2.03. The molecule has 0 heterocycles. The summed E-state index contributed by atoms with van der Waals surface area (Å²) in [5.74, 6) is 0. The lowest BCUT2D eigenvalue weighted by Gasteiger charge is -2.13. The second-order valence-electron chi connectivity index (χ2n) is 2.31. The predicted octanol–water partition coefficient (Wildman–Crippen LogP) is 1.91. The number of hydrogen-bond donors (Lipinski definition) is 0. The van der Waals surface area contributed by atoms with E-state index in [4.69, 9.17) is 0 Å². The maximum atomic E-state index is 3.85. The Morgan fingerprint density at radius 3 is 2.57 bits per heavy atom. The Balaban J connectivity index is 2.40. The van der Waals surface area contributed by atoms with Crippen molar-refractivity contribution in [2.45, 2.75) is 19.3 Å². The fourth-order valence-corrected chi connectivity index (χ4v) is 0.869. The minimum absolute atomic E-state index is 0.0556. The summed E-state index contributed by atoms with van der Waals surface area (Å²) in [5, 5.41) is 0. The van der Waals surface area contributed by atoms with Crippen LogP contribution < -0.4 is 0 Å². The van der Waals surface area contributed by atoms with Crippen LogP contribution in [0, 0.1) is 25.7 Å². The molecule has 0 nitrogen and oxygen atoms in total. The fourth-order valence-electron chi connectivity index (χ4n) is 0.869. The average molecular weight is 94.2 g/mol. The van der Waals surface area contributed by atoms with Crippen LogP contribution in [0.5, 0.6) is 0 Å². The van der Waals surface area contributed by atoms with Crippen LogP contribution in [0.25, 0.3) is 0 Å². The summed E-state index contributed by atoms with van der Waals surface area (Å²) in [7, 11) is 0. The molecule has 0 N–H and O–H groups in total. The van der Waals surface area contributed by atoms with Gasteiger partial charge in [0.25, 0.3) is 0 Å². The Labute approximate surface area is 45.9 Å². The van der Waals surface area contributed by atoms with Gasteiger partial charge < -0.3 is 0 Å². The van der Waals surface area contributed by atoms with Crippen LogP contribution in [0.1, 0.15) is 19.3 Å². The van der Waals surface area contributed by atoms with Gasteiger partial charge in [-0.1, -0.05) is 6.42 Å². The van der Waals surface area contributed by atoms with E-state index in [9.17, 15) is 0 Å². The molecule has 0 unspecified atom stereocenters. The first-order chi connectivity index (χ1) is 3.21. The second-order valence-corrected chi connectivity index (χ2v) is 2.31. The molecule has 1 saturated carbocycles. The molecule has 0 amide bonds. The summed E-state index contributed by atoms with van der Waals surface area (Å²) in [6.45, 7) is 7.69. The van der Waals surface area contributed by atoms with E-state index in [1.54, 1.807) is 0 Å². The molecular formula is C7H10. The first kappa shape index (κ1) is 5.02. The van der Waals surface area contributed by atoms with E-state index in [0.29, 0.717) is 0 Å². The largest absolute Gasteiger partial charge is 0.293 e. The van der Waals surface area contributed by atoms with Crippen molar-refractivity contribution in [3.8, 4) is 0 Å². The van der Waals surface area contributed by atoms with Gasteiger partial charge in [-0.2, -0.15) is 0 Å². The van der Waals surface area contributed by atoms with Crippen LogP contribution in [-0.2, 0) is 0 Å². The molecule has 1 rings (SSSR count). The predicted molar refractivity (Wildman–Crippen MR) is 30.2 cm³/mol. The zero-order valence-electron chi connectivity index (χ0n) is 4.54. The van der Waals surface area contributed by atoms with Crippen molar-refractivity contribution in [1.29, 1.82) is 0 Å². The van der Waals surface area contributed by atoms with Crippen LogP contribution in [0.2, 0.25) is 0 Å². The van der Waals surface area contributed by atoms with Gasteiger partial charge in [0.1, 0.15) is 0 Å². The van der Waals surface area contributed by atoms with Crippen LogP contribution in [0.4, 0.5) is 0 Å². The molecule has 1 aliphatic carbocycles. The quantitative estimate of drug-likeness (QED) is 0.402. The van der Waals surface area contributed by atoms with Crippen molar-refractivity contribution in [2.24, 2.45) is 5.41 Å². The standard InChI is InChI=1S/C7H10/c1-7(2)5-3-4-6-7/h1-5H2. The average Bonchev–Trinajstić information content (AvgIpc) is 1.84.